The molecule has 0 aromatic rings. The van der Waals surface area contributed by atoms with Crippen molar-refractivity contribution in [1.82, 2.24) is 15.5 Å². The number of nitrogens with one attached hydrogen (secondary N) is 2. The molecule has 2 heterocycles. The molecule has 2 rings (SSSR count). The molecule has 2 fully saturated rings. The average molecular weight is 293 g/mol. The Kier molecular flexibility index (Phi) is 3.98. The minimum atomic E-state index is -4.28. The lowest BCUT2D eigenvalue weighted by atomic mass is 9.93. The van der Waals surface area contributed by atoms with E-state index in [-0.39, 0.29) is 32.5 Å². The number of imide groups is 1. The van der Waals surface area contributed by atoms with Crippen LogP contribution in [-0.2, 0) is 14.4 Å². The van der Waals surface area contributed by atoms with Crippen molar-refractivity contribution in [2.24, 2.45) is 5.92 Å². The van der Waals surface area contributed by atoms with Crippen LogP contribution in [0.15, 0.2) is 0 Å². The van der Waals surface area contributed by atoms with Gasteiger partial charge in [0.25, 0.3) is 0 Å². The first-order valence-corrected chi connectivity index (χ1v) is 6.19. The molecule has 2 unspecified atom stereocenters. The number of nitrogens with zero attached hydrogens (tertiary/aromatic N) is 1. The summed E-state index contributed by atoms with van der Waals surface area (Å²) < 4.78 is 37.5. The van der Waals surface area contributed by atoms with Gasteiger partial charge in [0.2, 0.25) is 17.7 Å². The highest BCUT2D eigenvalue weighted by atomic mass is 19.4. The van der Waals surface area contributed by atoms with Crippen LogP contribution < -0.4 is 10.6 Å². The van der Waals surface area contributed by atoms with E-state index < -0.39 is 35.9 Å². The maximum Gasteiger partial charge on any atom is 0.393 e. The molecular formula is C11H14F3N3O3. The van der Waals surface area contributed by atoms with E-state index in [0.717, 1.165) is 4.90 Å². The third kappa shape index (κ3) is 3.27. The minimum absolute atomic E-state index is 0.0370. The fraction of sp³-hybridized carbons (Fsp3) is 0.727. The van der Waals surface area contributed by atoms with Crippen molar-refractivity contribution < 1.29 is 27.6 Å². The number of alkyl halides is 3. The smallest absolute Gasteiger partial charge is 0.323 e. The molecule has 9 heteroatoms. The summed E-state index contributed by atoms with van der Waals surface area (Å²) in [5, 5.41) is 4.60. The van der Waals surface area contributed by atoms with E-state index in [1.807, 2.05) is 0 Å². The Morgan fingerprint density at radius 3 is 2.20 bits per heavy atom. The predicted octanol–water partition coefficient (Wildman–Crippen LogP) is -0.598. The molecule has 2 aliphatic heterocycles. The Labute approximate surface area is 112 Å². The van der Waals surface area contributed by atoms with E-state index in [0.29, 0.717) is 0 Å². The highest BCUT2D eigenvalue weighted by molar-refractivity contribution is 6.03. The molecule has 2 saturated heterocycles. The largest absolute Gasteiger partial charge is 0.393 e. The van der Waals surface area contributed by atoms with Crippen LogP contribution in [0.3, 0.4) is 0 Å². The lowest BCUT2D eigenvalue weighted by molar-refractivity contribution is -0.180. The predicted molar refractivity (Wildman–Crippen MR) is 60.3 cm³/mol. The van der Waals surface area contributed by atoms with Gasteiger partial charge in [-0.15, -0.1) is 0 Å². The van der Waals surface area contributed by atoms with Gasteiger partial charge in [-0.1, -0.05) is 0 Å². The van der Waals surface area contributed by atoms with Crippen LogP contribution in [0.2, 0.25) is 0 Å². The molecule has 6 nitrogen and oxygen atoms in total. The summed E-state index contributed by atoms with van der Waals surface area (Å²) in [4.78, 5) is 35.4. The summed E-state index contributed by atoms with van der Waals surface area (Å²) in [6.07, 6.45) is -4.38. The van der Waals surface area contributed by atoms with Gasteiger partial charge in [0.05, 0.1) is 12.0 Å². The number of piperidine rings is 1. The van der Waals surface area contributed by atoms with Crippen molar-refractivity contribution in [3.05, 3.63) is 0 Å². The first-order valence-electron chi connectivity index (χ1n) is 6.19. The summed E-state index contributed by atoms with van der Waals surface area (Å²) >= 11 is 0. The van der Waals surface area contributed by atoms with E-state index in [9.17, 15) is 27.6 Å². The molecule has 0 radical (unpaired) electrons. The first-order chi connectivity index (χ1) is 9.27. The Bertz CT molecular complexity index is 414. The van der Waals surface area contributed by atoms with Crippen molar-refractivity contribution in [2.45, 2.75) is 25.1 Å². The second kappa shape index (κ2) is 5.39. The number of amides is 3. The van der Waals surface area contributed by atoms with Crippen LogP contribution in [-0.4, -0.2) is 54.5 Å². The zero-order valence-corrected chi connectivity index (χ0v) is 10.5. The summed E-state index contributed by atoms with van der Waals surface area (Å²) in [6, 6.07) is -0.771. The monoisotopic (exact) mass is 293 g/mol. The highest BCUT2D eigenvalue weighted by Crippen LogP contribution is 2.32. The number of piperazine rings is 1. The summed E-state index contributed by atoms with van der Waals surface area (Å²) in [5.74, 6) is -3.14. The zero-order valence-electron chi connectivity index (χ0n) is 10.5. The van der Waals surface area contributed by atoms with Gasteiger partial charge in [-0.25, -0.2) is 0 Å². The van der Waals surface area contributed by atoms with E-state index >= 15 is 0 Å². The van der Waals surface area contributed by atoms with Crippen molar-refractivity contribution in [1.29, 1.82) is 0 Å². The fourth-order valence-electron chi connectivity index (χ4n) is 2.36. The Hall–Kier alpha value is -1.64. The van der Waals surface area contributed by atoms with Crippen molar-refractivity contribution in [2.75, 3.05) is 19.6 Å². The van der Waals surface area contributed by atoms with E-state index in [1.165, 1.54) is 0 Å². The van der Waals surface area contributed by atoms with E-state index in [4.69, 9.17) is 0 Å². The number of hydrogen-bond acceptors (Lipinski definition) is 4. The molecule has 0 aromatic carbocycles. The quantitative estimate of drug-likeness (QED) is 0.633. The second-order valence-electron chi connectivity index (χ2n) is 4.94. The van der Waals surface area contributed by atoms with Gasteiger partial charge < -0.3 is 10.2 Å². The summed E-state index contributed by atoms with van der Waals surface area (Å²) in [6.45, 7) is -0.815. The Morgan fingerprint density at radius 2 is 1.75 bits per heavy atom. The molecule has 3 amide bonds. The number of halogens is 3. The van der Waals surface area contributed by atoms with Crippen molar-refractivity contribution in [3.63, 3.8) is 0 Å². The van der Waals surface area contributed by atoms with Crippen LogP contribution in [0.25, 0.3) is 0 Å². The number of carbonyl (C=O) groups excluding carboxylic acids is 3. The third-order valence-electron chi connectivity index (χ3n) is 3.43. The Morgan fingerprint density at radius 1 is 1.15 bits per heavy atom. The lowest BCUT2D eigenvalue weighted by Gasteiger charge is -2.34. The first kappa shape index (κ1) is 14.8. The molecular weight excluding hydrogens is 279 g/mol. The van der Waals surface area contributed by atoms with Gasteiger partial charge in [-0.3, -0.25) is 19.7 Å². The highest BCUT2D eigenvalue weighted by Gasteiger charge is 2.43. The van der Waals surface area contributed by atoms with Gasteiger partial charge in [-0.2, -0.15) is 13.2 Å². The lowest BCUT2D eigenvalue weighted by Crippen LogP contribution is -2.59. The molecule has 0 aliphatic carbocycles. The average Bonchev–Trinajstić information content (AvgIpc) is 2.36. The number of hydrogen-bond donors (Lipinski definition) is 2. The maximum atomic E-state index is 12.5. The second-order valence-corrected chi connectivity index (χ2v) is 4.94. The van der Waals surface area contributed by atoms with Crippen LogP contribution in [0.5, 0.6) is 0 Å². The van der Waals surface area contributed by atoms with Crippen LogP contribution in [0.1, 0.15) is 12.8 Å². The standard InChI is InChI=1S/C11H14F3N3O3/c12-11(13,14)6-1-2-7(15-3-6)10(20)17-4-8(18)16-9(19)5-17/h6-7,15H,1-5H2,(H,16,18,19). The molecule has 2 N–H and O–H groups in total. The number of carbonyl (C=O) groups is 3. The van der Waals surface area contributed by atoms with Gasteiger partial charge in [0.1, 0.15) is 13.1 Å². The minimum Gasteiger partial charge on any atom is -0.323 e. The summed E-state index contributed by atoms with van der Waals surface area (Å²) in [5.41, 5.74) is 0. The third-order valence-corrected chi connectivity index (χ3v) is 3.43. The van der Waals surface area contributed by atoms with Gasteiger partial charge in [0.15, 0.2) is 0 Å². The van der Waals surface area contributed by atoms with E-state index in [2.05, 4.69) is 10.6 Å². The fourth-order valence-corrected chi connectivity index (χ4v) is 2.36. The zero-order chi connectivity index (χ0) is 14.9. The van der Waals surface area contributed by atoms with Gasteiger partial charge in [0, 0.05) is 6.54 Å². The molecule has 2 atom stereocenters. The van der Waals surface area contributed by atoms with Crippen LogP contribution >= 0.6 is 0 Å². The molecule has 0 aromatic heterocycles. The molecule has 2 aliphatic rings. The van der Waals surface area contributed by atoms with Gasteiger partial charge >= 0.3 is 6.18 Å². The normalized spacial score (nSPS) is 28.2. The SMILES string of the molecule is O=C1CN(C(=O)C2CCC(C(F)(F)F)CN2)CC(=O)N1. The number of rotatable bonds is 1. The maximum absolute atomic E-state index is 12.5. The summed E-state index contributed by atoms with van der Waals surface area (Å²) in [7, 11) is 0. The molecule has 0 bridgehead atoms. The Balaban J connectivity index is 1.92. The molecule has 112 valence electrons. The molecule has 20 heavy (non-hydrogen) atoms. The van der Waals surface area contributed by atoms with Gasteiger partial charge in [-0.05, 0) is 12.8 Å². The van der Waals surface area contributed by atoms with Crippen LogP contribution in [0.4, 0.5) is 13.2 Å². The van der Waals surface area contributed by atoms with Crippen molar-refractivity contribution >= 4 is 17.7 Å². The topological polar surface area (TPSA) is 78.5 Å². The van der Waals surface area contributed by atoms with Crippen LogP contribution in [0, 0.1) is 5.92 Å². The molecule has 0 saturated carbocycles. The molecule has 0 spiro atoms. The van der Waals surface area contributed by atoms with Crippen molar-refractivity contribution in [3.8, 4) is 0 Å². The van der Waals surface area contributed by atoms with E-state index in [1.54, 1.807) is 0 Å².